The Hall–Kier alpha value is 0.567. The van der Waals surface area contributed by atoms with Crippen LogP contribution in [0.2, 0.25) is 24.2 Å². The fourth-order valence-electron chi connectivity index (χ4n) is 13.0. The molecule has 1 saturated heterocycles. The molecular weight excluding hydrogens is 481 g/mol. The van der Waals surface area contributed by atoms with Crippen LogP contribution in [0.15, 0.2) is 0 Å². The third-order valence-electron chi connectivity index (χ3n) is 14.5. The second kappa shape index (κ2) is 10.1. The molecule has 0 aromatic heterocycles. The van der Waals surface area contributed by atoms with Crippen LogP contribution < -0.4 is 0 Å². The van der Waals surface area contributed by atoms with Gasteiger partial charge < -0.3 is 0 Å². The Morgan fingerprint density at radius 2 is 1.30 bits per heavy atom. The van der Waals surface area contributed by atoms with Gasteiger partial charge in [0.25, 0.3) is 0 Å². The Bertz CT molecular complexity index is 803. The molecule has 12 unspecified atom stereocenters. The Kier molecular flexibility index (Phi) is 7.59. The van der Waals surface area contributed by atoms with Gasteiger partial charge in [-0.15, -0.1) is 0 Å². The highest BCUT2D eigenvalue weighted by Gasteiger charge is 2.64. The topological polar surface area (TPSA) is 0 Å². The van der Waals surface area contributed by atoms with Gasteiger partial charge in [0, 0.05) is 10.5 Å². The summed E-state index contributed by atoms with van der Waals surface area (Å²) in [6.07, 6.45) is 18.6. The van der Waals surface area contributed by atoms with Crippen molar-refractivity contribution in [2.24, 2.45) is 64.6 Å². The summed E-state index contributed by atoms with van der Waals surface area (Å²) >= 11 is 2.51. The minimum Gasteiger partial charge on any atom is -0.154 e. The third-order valence-corrected chi connectivity index (χ3v) is 21.8. The monoisotopic (exact) mass is 542 g/mol. The van der Waals surface area contributed by atoms with E-state index in [2.05, 4.69) is 66.4 Å². The molecule has 6 aliphatic rings. The zero-order valence-corrected chi connectivity index (χ0v) is 27.8. The molecule has 0 spiro atoms. The van der Waals surface area contributed by atoms with Crippen molar-refractivity contribution in [1.29, 1.82) is 0 Å². The summed E-state index contributed by atoms with van der Waals surface area (Å²) in [6, 6.07) is 0. The van der Waals surface area contributed by atoms with Crippen molar-refractivity contribution in [2.45, 2.75) is 153 Å². The van der Waals surface area contributed by atoms with Gasteiger partial charge in [0.15, 0.2) is 0 Å². The maximum Gasteiger partial charge on any atom is 0.0547 e. The fraction of sp³-hybridized carbons (Fsp3) is 1.00. The second-order valence-corrected chi connectivity index (χ2v) is 23.8. The van der Waals surface area contributed by atoms with E-state index in [0.717, 1.165) is 80.8 Å². The first-order chi connectivity index (χ1) is 17.5. The highest BCUT2D eigenvalue weighted by molar-refractivity contribution is 8.00. The highest BCUT2D eigenvalue weighted by Crippen LogP contribution is 2.70. The normalized spacial score (nSPS) is 52.5. The van der Waals surface area contributed by atoms with Gasteiger partial charge in [-0.05, 0) is 127 Å². The summed E-state index contributed by atoms with van der Waals surface area (Å²) in [7, 11) is -1.40. The molecule has 12 atom stereocenters. The lowest BCUT2D eigenvalue weighted by Crippen LogP contribution is -2.48. The number of thioether (sulfide) groups is 1. The van der Waals surface area contributed by atoms with Gasteiger partial charge in [0.2, 0.25) is 0 Å². The van der Waals surface area contributed by atoms with Crippen LogP contribution in [0.4, 0.5) is 0 Å². The Morgan fingerprint density at radius 1 is 0.649 bits per heavy atom. The molecule has 0 N–H and O–H groups in total. The van der Waals surface area contributed by atoms with Crippen molar-refractivity contribution in [3.05, 3.63) is 0 Å². The van der Waals surface area contributed by atoms with E-state index in [9.17, 15) is 0 Å². The molecular formula is C35H62SSi. The van der Waals surface area contributed by atoms with E-state index in [-0.39, 0.29) is 0 Å². The summed E-state index contributed by atoms with van der Waals surface area (Å²) in [5, 5.41) is 2.03. The SMILES string of the molecule is CC1CC2C(C3CCC(C(C)(C)C)CC3)CCCC2C1[Si](C)(C)C1C(C)C(C)C2SC3CCCCC3C21. The van der Waals surface area contributed by atoms with Crippen LogP contribution in [0.3, 0.4) is 0 Å². The van der Waals surface area contributed by atoms with Crippen molar-refractivity contribution < 1.29 is 0 Å². The molecule has 5 aliphatic carbocycles. The van der Waals surface area contributed by atoms with Crippen molar-refractivity contribution in [3.8, 4) is 0 Å². The molecule has 0 bridgehead atoms. The third kappa shape index (κ3) is 4.59. The van der Waals surface area contributed by atoms with Gasteiger partial charge >= 0.3 is 0 Å². The van der Waals surface area contributed by atoms with Gasteiger partial charge in [-0.3, -0.25) is 0 Å². The molecule has 0 aromatic rings. The first-order valence-electron chi connectivity index (χ1n) is 17.2. The lowest BCUT2D eigenvalue weighted by Gasteiger charge is -2.50. The fourth-order valence-corrected chi connectivity index (χ4v) is 22.1. The van der Waals surface area contributed by atoms with Crippen LogP contribution in [0.25, 0.3) is 0 Å². The minimum absolute atomic E-state index is 0.519. The van der Waals surface area contributed by atoms with Gasteiger partial charge in [0.05, 0.1) is 8.07 Å². The summed E-state index contributed by atoms with van der Waals surface area (Å²) in [4.78, 5) is 0. The molecule has 212 valence electrons. The van der Waals surface area contributed by atoms with E-state index in [1.165, 1.54) is 25.7 Å². The van der Waals surface area contributed by atoms with Gasteiger partial charge in [0.1, 0.15) is 0 Å². The predicted octanol–water partition coefficient (Wildman–Crippen LogP) is 10.9. The summed E-state index contributed by atoms with van der Waals surface area (Å²) < 4.78 is 0. The van der Waals surface area contributed by atoms with Crippen LogP contribution in [0.5, 0.6) is 0 Å². The zero-order valence-electron chi connectivity index (χ0n) is 26.0. The summed E-state index contributed by atoms with van der Waals surface area (Å²) in [5.41, 5.74) is 2.73. The van der Waals surface area contributed by atoms with Crippen molar-refractivity contribution in [2.75, 3.05) is 0 Å². The van der Waals surface area contributed by atoms with Crippen LogP contribution in [0, 0.1) is 64.6 Å². The first-order valence-corrected chi connectivity index (χ1v) is 21.2. The molecule has 1 heterocycles. The molecule has 0 radical (unpaired) electrons. The quantitative estimate of drug-likeness (QED) is 0.319. The summed E-state index contributed by atoms with van der Waals surface area (Å²) in [5.74, 6) is 10.4. The molecule has 37 heavy (non-hydrogen) atoms. The number of rotatable bonds is 3. The van der Waals surface area contributed by atoms with Crippen LogP contribution in [-0.4, -0.2) is 18.6 Å². The molecule has 1 aliphatic heterocycles. The maximum absolute atomic E-state index is 2.95. The van der Waals surface area contributed by atoms with E-state index < -0.39 is 8.07 Å². The Balaban J connectivity index is 1.22. The van der Waals surface area contributed by atoms with Crippen molar-refractivity contribution >= 4 is 19.8 Å². The van der Waals surface area contributed by atoms with Crippen molar-refractivity contribution in [1.82, 2.24) is 0 Å². The Labute approximate surface area is 237 Å². The molecule has 5 saturated carbocycles. The van der Waals surface area contributed by atoms with Crippen LogP contribution >= 0.6 is 11.8 Å². The van der Waals surface area contributed by atoms with Crippen LogP contribution in [0.1, 0.15) is 119 Å². The predicted molar refractivity (Wildman–Crippen MR) is 167 cm³/mol. The molecule has 6 rings (SSSR count). The first kappa shape index (κ1) is 27.7. The lowest BCUT2D eigenvalue weighted by molar-refractivity contribution is 0.0637. The van der Waals surface area contributed by atoms with E-state index in [0.29, 0.717) is 5.41 Å². The highest BCUT2D eigenvalue weighted by atomic mass is 32.2. The van der Waals surface area contributed by atoms with Crippen LogP contribution in [-0.2, 0) is 0 Å². The number of hydrogen-bond acceptors (Lipinski definition) is 1. The Morgan fingerprint density at radius 3 is 2.00 bits per heavy atom. The molecule has 2 heteroatoms. The second-order valence-electron chi connectivity index (χ2n) is 17.4. The molecule has 6 fully saturated rings. The number of fused-ring (bicyclic) bond motifs is 4. The minimum atomic E-state index is -1.40. The lowest BCUT2D eigenvalue weighted by atomic mass is 9.61. The average Bonchev–Trinajstić information content (AvgIpc) is 3.47. The van der Waals surface area contributed by atoms with Gasteiger partial charge in [-0.2, -0.15) is 11.8 Å². The molecule has 0 aromatic carbocycles. The maximum atomic E-state index is 2.95. The van der Waals surface area contributed by atoms with E-state index in [1.54, 1.807) is 51.4 Å². The molecule has 0 nitrogen and oxygen atoms in total. The number of hydrogen-bond donors (Lipinski definition) is 0. The van der Waals surface area contributed by atoms with Crippen molar-refractivity contribution in [3.63, 3.8) is 0 Å². The van der Waals surface area contributed by atoms with Gasteiger partial charge in [-0.1, -0.05) is 80.3 Å². The smallest absolute Gasteiger partial charge is 0.0547 e. The average molecular weight is 543 g/mol. The standard InChI is InChI=1S/C35H62SSi/c1-21-20-29-26(24-16-18-25(19-17-24)35(4,5)6)13-11-14-27(29)33(21)37(7,8)34-23(3)22(2)32-31(34)28-12-9-10-15-30(28)36-32/h21-34H,9-20H2,1-8H3. The van der Waals surface area contributed by atoms with E-state index in [1.807, 2.05) is 0 Å². The van der Waals surface area contributed by atoms with Gasteiger partial charge in [-0.25, -0.2) is 0 Å². The zero-order chi connectivity index (χ0) is 26.3. The van der Waals surface area contributed by atoms with E-state index in [4.69, 9.17) is 0 Å². The van der Waals surface area contributed by atoms with E-state index >= 15 is 0 Å². The summed E-state index contributed by atoms with van der Waals surface area (Å²) in [6.45, 7) is 21.6. The molecule has 0 amide bonds. The largest absolute Gasteiger partial charge is 0.154 e.